The second kappa shape index (κ2) is 10.5. The highest BCUT2D eigenvalue weighted by Crippen LogP contribution is 2.40. The molecule has 1 amide bonds. The lowest BCUT2D eigenvalue weighted by molar-refractivity contribution is -0.126. The first-order valence-electron chi connectivity index (χ1n) is 14.2. The Labute approximate surface area is 225 Å². The lowest BCUT2D eigenvalue weighted by atomic mass is 9.86. The summed E-state index contributed by atoms with van der Waals surface area (Å²) in [6.07, 6.45) is 7.84. The number of carbonyl (C=O) groups excluding carboxylic acids is 1. The summed E-state index contributed by atoms with van der Waals surface area (Å²) >= 11 is 0. The molecule has 0 radical (unpaired) electrons. The van der Waals surface area contributed by atoms with Crippen molar-refractivity contribution < 1.29 is 19.0 Å². The van der Waals surface area contributed by atoms with Crippen LogP contribution in [0.3, 0.4) is 0 Å². The number of anilines is 4. The van der Waals surface area contributed by atoms with Gasteiger partial charge < -0.3 is 29.7 Å². The third-order valence-corrected chi connectivity index (χ3v) is 8.12. The van der Waals surface area contributed by atoms with Gasteiger partial charge in [-0.2, -0.15) is 0 Å². The molecule has 8 heteroatoms. The Hall–Kier alpha value is -2.68. The van der Waals surface area contributed by atoms with Crippen LogP contribution in [-0.2, 0) is 25.5 Å². The SMILES string of the molecule is CC(C)(C)OC1CCC(C(=O)N2Cc3cccnc3Nc3ccc(N[C@@H]4CO[C@@H]5CCO[C@@H]5C4)cc32)CC1. The summed E-state index contributed by atoms with van der Waals surface area (Å²) in [5.74, 6) is 0.970. The predicted molar refractivity (Wildman–Crippen MR) is 148 cm³/mol. The Morgan fingerprint density at radius 1 is 1.11 bits per heavy atom. The Morgan fingerprint density at radius 2 is 1.95 bits per heavy atom. The van der Waals surface area contributed by atoms with Crippen molar-refractivity contribution in [2.24, 2.45) is 5.92 Å². The lowest BCUT2D eigenvalue weighted by Gasteiger charge is -2.35. The second-order valence-corrected chi connectivity index (χ2v) is 12.1. The van der Waals surface area contributed by atoms with Crippen LogP contribution < -0.4 is 15.5 Å². The summed E-state index contributed by atoms with van der Waals surface area (Å²) in [4.78, 5) is 20.6. The van der Waals surface area contributed by atoms with Crippen molar-refractivity contribution in [3.8, 4) is 0 Å². The van der Waals surface area contributed by atoms with Crippen LogP contribution in [0.1, 0.15) is 64.9 Å². The summed E-state index contributed by atoms with van der Waals surface area (Å²) in [5, 5.41) is 7.14. The van der Waals surface area contributed by atoms with E-state index in [0.717, 1.165) is 73.6 Å². The highest BCUT2D eigenvalue weighted by atomic mass is 16.6. The van der Waals surface area contributed by atoms with Crippen LogP contribution >= 0.6 is 0 Å². The zero-order chi connectivity index (χ0) is 26.3. The van der Waals surface area contributed by atoms with E-state index in [0.29, 0.717) is 13.2 Å². The highest BCUT2D eigenvalue weighted by molar-refractivity contribution is 6.00. The summed E-state index contributed by atoms with van der Waals surface area (Å²) in [7, 11) is 0. The molecule has 0 bridgehead atoms. The smallest absolute Gasteiger partial charge is 0.230 e. The second-order valence-electron chi connectivity index (χ2n) is 12.1. The summed E-state index contributed by atoms with van der Waals surface area (Å²) in [6.45, 7) is 8.23. The Morgan fingerprint density at radius 3 is 2.76 bits per heavy atom. The molecule has 6 rings (SSSR count). The molecule has 3 aliphatic heterocycles. The quantitative estimate of drug-likeness (QED) is 0.558. The number of rotatable bonds is 4. The third kappa shape index (κ3) is 5.53. The van der Waals surface area contributed by atoms with Gasteiger partial charge >= 0.3 is 0 Å². The minimum absolute atomic E-state index is 0.0132. The van der Waals surface area contributed by atoms with Gasteiger partial charge in [0, 0.05) is 30.0 Å². The van der Waals surface area contributed by atoms with Gasteiger partial charge in [-0.05, 0) is 83.6 Å². The molecule has 1 aromatic carbocycles. The molecule has 2 aromatic rings. The molecule has 0 unspecified atom stereocenters. The number of hydrogen-bond donors (Lipinski definition) is 2. The van der Waals surface area contributed by atoms with Crippen LogP contribution in [0.25, 0.3) is 0 Å². The molecular weight excluding hydrogens is 480 g/mol. The maximum atomic E-state index is 14.1. The summed E-state index contributed by atoms with van der Waals surface area (Å²) in [6, 6.07) is 10.4. The molecule has 4 heterocycles. The number of aromatic nitrogens is 1. The fourth-order valence-electron chi connectivity index (χ4n) is 6.32. The van der Waals surface area contributed by atoms with Crippen LogP contribution in [0.2, 0.25) is 0 Å². The molecule has 8 nitrogen and oxygen atoms in total. The molecule has 1 aromatic heterocycles. The predicted octanol–water partition coefficient (Wildman–Crippen LogP) is 5.40. The third-order valence-electron chi connectivity index (χ3n) is 8.12. The van der Waals surface area contributed by atoms with Crippen molar-refractivity contribution in [2.45, 2.75) is 95.8 Å². The monoisotopic (exact) mass is 520 g/mol. The van der Waals surface area contributed by atoms with E-state index in [1.807, 2.05) is 23.1 Å². The Bertz CT molecular complexity index is 1160. The van der Waals surface area contributed by atoms with E-state index in [-0.39, 0.29) is 41.8 Å². The van der Waals surface area contributed by atoms with Crippen LogP contribution in [0.4, 0.5) is 22.9 Å². The van der Waals surface area contributed by atoms with Crippen molar-refractivity contribution in [2.75, 3.05) is 28.7 Å². The fourth-order valence-corrected chi connectivity index (χ4v) is 6.32. The summed E-state index contributed by atoms with van der Waals surface area (Å²) in [5.41, 5.74) is 3.62. The van der Waals surface area contributed by atoms with Crippen LogP contribution in [0.5, 0.6) is 0 Å². The first-order valence-corrected chi connectivity index (χ1v) is 14.2. The number of amides is 1. The molecule has 2 N–H and O–H groups in total. The van der Waals surface area contributed by atoms with Crippen LogP contribution in [0.15, 0.2) is 36.5 Å². The van der Waals surface area contributed by atoms with Crippen molar-refractivity contribution in [3.05, 3.63) is 42.1 Å². The van der Waals surface area contributed by atoms with Crippen molar-refractivity contribution >= 4 is 28.8 Å². The number of pyridine rings is 1. The average Bonchev–Trinajstić information content (AvgIpc) is 3.29. The van der Waals surface area contributed by atoms with E-state index in [9.17, 15) is 4.79 Å². The zero-order valence-corrected chi connectivity index (χ0v) is 22.7. The van der Waals surface area contributed by atoms with E-state index >= 15 is 0 Å². The average molecular weight is 521 g/mol. The molecule has 0 spiro atoms. The molecule has 3 atom stereocenters. The number of nitrogens with one attached hydrogen (secondary N) is 2. The van der Waals surface area contributed by atoms with Crippen molar-refractivity contribution in [1.29, 1.82) is 0 Å². The van der Waals surface area contributed by atoms with Gasteiger partial charge in [0.2, 0.25) is 5.91 Å². The number of ether oxygens (including phenoxy) is 3. The van der Waals surface area contributed by atoms with E-state index in [1.165, 1.54) is 0 Å². The van der Waals surface area contributed by atoms with Gasteiger partial charge in [-0.1, -0.05) is 6.07 Å². The Kier molecular flexibility index (Phi) is 7.05. The van der Waals surface area contributed by atoms with E-state index in [4.69, 9.17) is 14.2 Å². The first kappa shape index (κ1) is 25.6. The van der Waals surface area contributed by atoms with Gasteiger partial charge in [-0.15, -0.1) is 0 Å². The number of carbonyl (C=O) groups is 1. The highest BCUT2D eigenvalue weighted by Gasteiger charge is 2.37. The number of hydrogen-bond acceptors (Lipinski definition) is 7. The maximum absolute atomic E-state index is 14.1. The zero-order valence-electron chi connectivity index (χ0n) is 22.7. The molecule has 1 saturated carbocycles. The first-order chi connectivity index (χ1) is 18.3. The molecule has 2 saturated heterocycles. The van der Waals surface area contributed by atoms with E-state index in [1.54, 1.807) is 6.20 Å². The van der Waals surface area contributed by atoms with E-state index < -0.39 is 0 Å². The van der Waals surface area contributed by atoms with Gasteiger partial charge in [-0.3, -0.25) is 4.79 Å². The molecule has 1 aliphatic carbocycles. The van der Waals surface area contributed by atoms with E-state index in [2.05, 4.69) is 48.5 Å². The molecule has 3 fully saturated rings. The van der Waals surface area contributed by atoms with Crippen molar-refractivity contribution in [3.63, 3.8) is 0 Å². The number of nitrogens with zero attached hydrogens (tertiary/aromatic N) is 2. The van der Waals surface area contributed by atoms with Gasteiger partial charge in [0.15, 0.2) is 0 Å². The minimum atomic E-state index is -0.162. The largest absolute Gasteiger partial charge is 0.380 e. The van der Waals surface area contributed by atoms with Crippen LogP contribution in [0, 0.1) is 5.92 Å². The van der Waals surface area contributed by atoms with Gasteiger partial charge in [0.05, 0.1) is 54.5 Å². The fraction of sp³-hybridized carbons (Fsp3) is 0.600. The molecule has 4 aliphatic rings. The van der Waals surface area contributed by atoms with Gasteiger partial charge in [-0.25, -0.2) is 4.98 Å². The summed E-state index contributed by atoms with van der Waals surface area (Å²) < 4.78 is 18.1. The van der Waals surface area contributed by atoms with Gasteiger partial charge in [0.25, 0.3) is 0 Å². The molecule has 204 valence electrons. The maximum Gasteiger partial charge on any atom is 0.230 e. The molecular formula is C30H40N4O4. The topological polar surface area (TPSA) is 85.0 Å². The minimum Gasteiger partial charge on any atom is -0.380 e. The standard InChI is InChI=1S/C30H40N4O4/c1-30(2,3)38-23-9-6-19(7-10-23)29(35)34-17-20-5-4-13-31-28(20)33-24-11-8-21(15-25(24)34)32-22-16-27-26(37-18-22)12-14-36-27/h4-5,8,11,13,15,19,22-23,26-27,32H,6-7,9-10,12,14,16-18H2,1-3H3,(H,31,33)/t19?,22-,23?,26+,27+/m0/s1. The lowest BCUT2D eigenvalue weighted by Crippen LogP contribution is -2.42. The number of benzene rings is 1. The Balaban J connectivity index is 1.22. The molecule has 38 heavy (non-hydrogen) atoms. The number of fused-ring (bicyclic) bond motifs is 3. The van der Waals surface area contributed by atoms with Crippen molar-refractivity contribution in [1.82, 2.24) is 4.98 Å². The van der Waals surface area contributed by atoms with Gasteiger partial charge in [0.1, 0.15) is 5.82 Å². The van der Waals surface area contributed by atoms with Crippen LogP contribution in [-0.4, -0.2) is 54.1 Å². The normalized spacial score (nSPS) is 28.9.